The molecule has 0 aromatic rings. The summed E-state index contributed by atoms with van der Waals surface area (Å²) in [6, 6.07) is 0.171. The van der Waals surface area contributed by atoms with Crippen LogP contribution in [0.1, 0.15) is 19.3 Å². The molecule has 1 fully saturated rings. The zero-order valence-corrected chi connectivity index (χ0v) is 10.9. The summed E-state index contributed by atoms with van der Waals surface area (Å²) in [5.74, 6) is 0. The SMILES string of the molecule is CNS(=O)(=O)NCCCP(=O)(O)NC1CC1. The fourth-order valence-electron chi connectivity index (χ4n) is 1.13. The molecule has 4 N–H and O–H groups in total. The van der Waals surface area contributed by atoms with E-state index in [1.807, 2.05) is 0 Å². The molecule has 1 rings (SSSR count). The monoisotopic (exact) mass is 271 g/mol. The van der Waals surface area contributed by atoms with Crippen LogP contribution in [0.2, 0.25) is 0 Å². The van der Waals surface area contributed by atoms with Gasteiger partial charge in [0.1, 0.15) is 0 Å². The highest BCUT2D eigenvalue weighted by Crippen LogP contribution is 2.40. The van der Waals surface area contributed by atoms with Gasteiger partial charge in [0.25, 0.3) is 17.7 Å². The highest BCUT2D eigenvalue weighted by molar-refractivity contribution is 7.87. The van der Waals surface area contributed by atoms with E-state index in [9.17, 15) is 17.9 Å². The Balaban J connectivity index is 2.16. The summed E-state index contributed by atoms with van der Waals surface area (Å²) in [5.41, 5.74) is 0. The van der Waals surface area contributed by atoms with Crippen LogP contribution in [0.3, 0.4) is 0 Å². The second-order valence-electron chi connectivity index (χ2n) is 3.78. The lowest BCUT2D eigenvalue weighted by Gasteiger charge is -2.12. The van der Waals surface area contributed by atoms with Gasteiger partial charge in [-0.2, -0.15) is 8.42 Å². The fraction of sp³-hybridized carbons (Fsp3) is 1.00. The molecule has 7 nitrogen and oxygen atoms in total. The maximum Gasteiger partial charge on any atom is 0.276 e. The molecule has 0 radical (unpaired) electrons. The van der Waals surface area contributed by atoms with Crippen molar-refractivity contribution in [3.63, 3.8) is 0 Å². The zero-order chi connectivity index (χ0) is 12.2. The molecule has 0 aromatic heterocycles. The molecule has 1 aliphatic carbocycles. The van der Waals surface area contributed by atoms with Gasteiger partial charge in [-0.3, -0.25) is 4.57 Å². The Hall–Kier alpha value is 0.0200. The Morgan fingerprint density at radius 3 is 2.56 bits per heavy atom. The summed E-state index contributed by atoms with van der Waals surface area (Å²) in [6.45, 7) is 0.153. The van der Waals surface area contributed by atoms with Crippen molar-refractivity contribution in [2.24, 2.45) is 0 Å². The molecule has 0 spiro atoms. The van der Waals surface area contributed by atoms with E-state index in [0.29, 0.717) is 6.42 Å². The number of rotatable bonds is 8. The minimum atomic E-state index is -3.44. The van der Waals surface area contributed by atoms with Crippen LogP contribution in [0, 0.1) is 0 Å². The van der Waals surface area contributed by atoms with Crippen molar-refractivity contribution in [1.29, 1.82) is 0 Å². The van der Waals surface area contributed by atoms with Gasteiger partial charge in [-0.15, -0.1) is 0 Å². The lowest BCUT2D eigenvalue weighted by atomic mass is 10.5. The topological polar surface area (TPSA) is 108 Å². The van der Waals surface area contributed by atoms with Crippen LogP contribution >= 0.6 is 7.52 Å². The third-order valence-electron chi connectivity index (χ3n) is 2.16. The standard InChI is InChI=1S/C7H18N3O4PS/c1-8-16(13,14)9-5-2-6-15(11,12)10-7-3-4-7/h7-9H,2-6H2,1H3,(H2,10,11,12). The number of hydrogen-bond donors (Lipinski definition) is 4. The highest BCUT2D eigenvalue weighted by Gasteiger charge is 2.29. The molecule has 96 valence electrons. The summed E-state index contributed by atoms with van der Waals surface area (Å²) < 4.78 is 37.7. The Morgan fingerprint density at radius 2 is 2.06 bits per heavy atom. The van der Waals surface area contributed by atoms with Crippen molar-refractivity contribution < 1.29 is 17.9 Å². The summed E-state index contributed by atoms with van der Waals surface area (Å²) in [6.07, 6.45) is 2.29. The summed E-state index contributed by atoms with van der Waals surface area (Å²) in [5, 5.41) is 2.66. The molecule has 1 aliphatic rings. The molecule has 0 amide bonds. The average Bonchev–Trinajstić information content (AvgIpc) is 2.96. The first kappa shape index (κ1) is 14.1. The summed E-state index contributed by atoms with van der Waals surface area (Å²) in [7, 11) is -5.42. The van der Waals surface area contributed by atoms with Gasteiger partial charge in [-0.25, -0.2) is 14.5 Å². The van der Waals surface area contributed by atoms with Crippen LogP contribution in [0.4, 0.5) is 0 Å². The summed E-state index contributed by atoms with van der Waals surface area (Å²) in [4.78, 5) is 9.46. The Bertz CT molecular complexity index is 368. The average molecular weight is 271 g/mol. The normalized spacial score (nSPS) is 20.6. The molecule has 0 aromatic carbocycles. The van der Waals surface area contributed by atoms with E-state index in [2.05, 4.69) is 14.5 Å². The van der Waals surface area contributed by atoms with Gasteiger partial charge in [0.15, 0.2) is 0 Å². The molecule has 0 bridgehead atoms. The minimum Gasteiger partial charge on any atom is -0.333 e. The van der Waals surface area contributed by atoms with Crippen LogP contribution in [-0.4, -0.2) is 39.1 Å². The third kappa shape index (κ3) is 5.93. The van der Waals surface area contributed by atoms with Gasteiger partial charge in [-0.05, 0) is 19.3 Å². The van der Waals surface area contributed by atoms with Crippen LogP contribution in [0.15, 0.2) is 0 Å². The Morgan fingerprint density at radius 1 is 1.44 bits per heavy atom. The fourth-order valence-corrected chi connectivity index (χ4v) is 3.24. The molecule has 1 atom stereocenters. The Labute approximate surface area is 95.7 Å². The maximum atomic E-state index is 11.5. The van der Waals surface area contributed by atoms with Crippen molar-refractivity contribution in [3.05, 3.63) is 0 Å². The van der Waals surface area contributed by atoms with Gasteiger partial charge in [0, 0.05) is 25.8 Å². The van der Waals surface area contributed by atoms with Crippen LogP contribution < -0.4 is 14.5 Å². The van der Waals surface area contributed by atoms with E-state index in [0.717, 1.165) is 12.8 Å². The molecule has 0 aliphatic heterocycles. The van der Waals surface area contributed by atoms with E-state index in [1.165, 1.54) is 7.05 Å². The van der Waals surface area contributed by atoms with Crippen LogP contribution in [-0.2, 0) is 14.8 Å². The molecule has 0 heterocycles. The smallest absolute Gasteiger partial charge is 0.276 e. The Kier molecular flexibility index (Phi) is 4.90. The molecule has 1 unspecified atom stereocenters. The van der Waals surface area contributed by atoms with Gasteiger partial charge < -0.3 is 4.89 Å². The largest absolute Gasteiger partial charge is 0.333 e. The maximum absolute atomic E-state index is 11.5. The minimum absolute atomic E-state index is 0.0791. The van der Waals surface area contributed by atoms with E-state index in [1.54, 1.807) is 0 Å². The van der Waals surface area contributed by atoms with Crippen molar-refractivity contribution in [3.8, 4) is 0 Å². The quantitative estimate of drug-likeness (QED) is 0.347. The van der Waals surface area contributed by atoms with Gasteiger partial charge in [0.2, 0.25) is 0 Å². The van der Waals surface area contributed by atoms with Crippen molar-refractivity contribution in [2.45, 2.75) is 25.3 Å². The number of hydrogen-bond acceptors (Lipinski definition) is 3. The van der Waals surface area contributed by atoms with Gasteiger partial charge in [-0.1, -0.05) is 0 Å². The summed E-state index contributed by atoms with van der Waals surface area (Å²) >= 11 is 0. The molecule has 1 saturated carbocycles. The first-order valence-electron chi connectivity index (χ1n) is 5.12. The van der Waals surface area contributed by atoms with E-state index in [-0.39, 0.29) is 18.7 Å². The van der Waals surface area contributed by atoms with Crippen LogP contribution in [0.25, 0.3) is 0 Å². The first-order valence-corrected chi connectivity index (χ1v) is 8.45. The molecule has 16 heavy (non-hydrogen) atoms. The van der Waals surface area contributed by atoms with Crippen LogP contribution in [0.5, 0.6) is 0 Å². The second-order valence-corrected chi connectivity index (χ2v) is 7.60. The zero-order valence-electron chi connectivity index (χ0n) is 9.14. The van der Waals surface area contributed by atoms with E-state index < -0.39 is 17.7 Å². The molecular formula is C7H18N3O4PS. The number of nitrogens with one attached hydrogen (secondary N) is 3. The van der Waals surface area contributed by atoms with E-state index >= 15 is 0 Å². The predicted octanol–water partition coefficient (Wildman–Crippen LogP) is -0.632. The van der Waals surface area contributed by atoms with Crippen molar-refractivity contribution >= 4 is 17.7 Å². The predicted molar refractivity (Wildman–Crippen MR) is 61.4 cm³/mol. The van der Waals surface area contributed by atoms with Crippen molar-refractivity contribution in [2.75, 3.05) is 19.8 Å². The lowest BCUT2D eigenvalue weighted by Crippen LogP contribution is -2.35. The lowest BCUT2D eigenvalue weighted by molar-refractivity contribution is 0.459. The van der Waals surface area contributed by atoms with Gasteiger partial charge >= 0.3 is 0 Å². The third-order valence-corrected chi connectivity index (χ3v) is 4.97. The first-order chi connectivity index (χ1) is 7.35. The highest BCUT2D eigenvalue weighted by atomic mass is 32.2. The molecule has 0 saturated heterocycles. The van der Waals surface area contributed by atoms with Gasteiger partial charge in [0.05, 0.1) is 0 Å². The van der Waals surface area contributed by atoms with E-state index in [4.69, 9.17) is 0 Å². The second kappa shape index (κ2) is 5.57. The molecular weight excluding hydrogens is 253 g/mol. The molecule has 9 heteroatoms. The van der Waals surface area contributed by atoms with Crippen molar-refractivity contribution in [1.82, 2.24) is 14.5 Å².